The number of aliphatic imine (C=N–C) groups is 1. The lowest BCUT2D eigenvalue weighted by Gasteiger charge is -2.08. The number of aryl methyl sites for hydroxylation is 1. The van der Waals surface area contributed by atoms with Gasteiger partial charge in [-0.25, -0.2) is 4.99 Å². The number of methoxy groups -OCH3 is 2. The molecule has 2 aromatic carbocycles. The van der Waals surface area contributed by atoms with Gasteiger partial charge < -0.3 is 14.0 Å². The SMILES string of the molecule is COc1cc2ccn(C=Nc3ccc(C)cc3)c2cc1OC. The van der Waals surface area contributed by atoms with E-state index in [2.05, 4.69) is 11.9 Å². The monoisotopic (exact) mass is 294 g/mol. The normalized spacial score (nSPS) is 11.2. The molecule has 112 valence electrons. The highest BCUT2D eigenvalue weighted by molar-refractivity contribution is 5.89. The molecule has 0 aliphatic carbocycles. The molecule has 4 heteroatoms. The Morgan fingerprint density at radius 1 is 0.955 bits per heavy atom. The van der Waals surface area contributed by atoms with Gasteiger partial charge in [0.15, 0.2) is 11.5 Å². The molecule has 1 aromatic heterocycles. The first-order valence-electron chi connectivity index (χ1n) is 7.04. The average Bonchev–Trinajstić information content (AvgIpc) is 2.95. The van der Waals surface area contributed by atoms with Crippen LogP contribution in [-0.2, 0) is 0 Å². The maximum absolute atomic E-state index is 5.36. The van der Waals surface area contributed by atoms with Crippen LogP contribution in [0.25, 0.3) is 10.9 Å². The second-order valence-electron chi connectivity index (χ2n) is 5.07. The van der Waals surface area contributed by atoms with E-state index in [0.29, 0.717) is 5.75 Å². The fourth-order valence-electron chi connectivity index (χ4n) is 2.34. The van der Waals surface area contributed by atoms with Gasteiger partial charge in [0.25, 0.3) is 0 Å². The van der Waals surface area contributed by atoms with Gasteiger partial charge in [-0.3, -0.25) is 0 Å². The van der Waals surface area contributed by atoms with E-state index in [1.54, 1.807) is 20.6 Å². The Labute approximate surface area is 129 Å². The van der Waals surface area contributed by atoms with Crippen molar-refractivity contribution in [3.05, 3.63) is 54.2 Å². The van der Waals surface area contributed by atoms with Crippen molar-refractivity contribution in [2.75, 3.05) is 14.2 Å². The Kier molecular flexibility index (Phi) is 3.83. The lowest BCUT2D eigenvalue weighted by Crippen LogP contribution is -1.94. The summed E-state index contributed by atoms with van der Waals surface area (Å²) in [5.74, 6) is 1.43. The molecular formula is C18H18N2O2. The van der Waals surface area contributed by atoms with Crippen molar-refractivity contribution in [2.45, 2.75) is 6.92 Å². The summed E-state index contributed by atoms with van der Waals surface area (Å²) >= 11 is 0. The Hall–Kier alpha value is -2.75. The zero-order valence-corrected chi connectivity index (χ0v) is 12.9. The quantitative estimate of drug-likeness (QED) is 0.534. The van der Waals surface area contributed by atoms with E-state index >= 15 is 0 Å². The Morgan fingerprint density at radius 3 is 2.32 bits per heavy atom. The molecular weight excluding hydrogens is 276 g/mol. The number of hydrogen-bond acceptors (Lipinski definition) is 3. The predicted octanol–water partition coefficient (Wildman–Crippen LogP) is 4.18. The first-order chi connectivity index (χ1) is 10.7. The summed E-state index contributed by atoms with van der Waals surface area (Å²) in [6, 6.07) is 14.0. The number of benzene rings is 2. The third-order valence-corrected chi connectivity index (χ3v) is 3.59. The average molecular weight is 294 g/mol. The fourth-order valence-corrected chi connectivity index (χ4v) is 2.34. The highest BCUT2D eigenvalue weighted by atomic mass is 16.5. The molecule has 0 aliphatic rings. The minimum absolute atomic E-state index is 0.707. The van der Waals surface area contributed by atoms with E-state index in [9.17, 15) is 0 Å². The smallest absolute Gasteiger partial charge is 0.162 e. The van der Waals surface area contributed by atoms with E-state index in [1.807, 2.05) is 53.2 Å². The molecule has 4 nitrogen and oxygen atoms in total. The molecule has 0 saturated heterocycles. The zero-order chi connectivity index (χ0) is 15.5. The summed E-state index contributed by atoms with van der Waals surface area (Å²) in [5, 5.41) is 1.08. The van der Waals surface area contributed by atoms with Gasteiger partial charge in [0.05, 0.1) is 31.8 Å². The van der Waals surface area contributed by atoms with Crippen LogP contribution in [0.3, 0.4) is 0 Å². The number of nitrogens with zero attached hydrogens (tertiary/aromatic N) is 2. The minimum atomic E-state index is 0.707. The van der Waals surface area contributed by atoms with Gasteiger partial charge in [-0.15, -0.1) is 0 Å². The molecule has 22 heavy (non-hydrogen) atoms. The Balaban J connectivity index is 1.99. The van der Waals surface area contributed by atoms with Crippen LogP contribution in [0.4, 0.5) is 5.69 Å². The minimum Gasteiger partial charge on any atom is -0.493 e. The molecule has 0 atom stereocenters. The summed E-state index contributed by atoms with van der Waals surface area (Å²) in [5.41, 5.74) is 3.17. The molecule has 0 bridgehead atoms. The molecule has 0 N–H and O–H groups in total. The van der Waals surface area contributed by atoms with Crippen LogP contribution in [0.5, 0.6) is 11.5 Å². The van der Waals surface area contributed by atoms with Crippen LogP contribution in [0.1, 0.15) is 5.56 Å². The third-order valence-electron chi connectivity index (χ3n) is 3.59. The maximum Gasteiger partial charge on any atom is 0.162 e. The van der Waals surface area contributed by atoms with E-state index < -0.39 is 0 Å². The van der Waals surface area contributed by atoms with Gasteiger partial charge >= 0.3 is 0 Å². The van der Waals surface area contributed by atoms with Crippen LogP contribution in [0.2, 0.25) is 0 Å². The molecule has 0 aliphatic heterocycles. The third kappa shape index (κ3) is 2.68. The van der Waals surface area contributed by atoms with Crippen LogP contribution >= 0.6 is 0 Å². The van der Waals surface area contributed by atoms with Crippen molar-refractivity contribution < 1.29 is 9.47 Å². The highest BCUT2D eigenvalue weighted by Gasteiger charge is 2.08. The topological polar surface area (TPSA) is 35.8 Å². The largest absolute Gasteiger partial charge is 0.493 e. The standard InChI is InChI=1S/C18H18N2O2/c1-13-4-6-15(7-5-13)19-12-20-9-8-14-10-17(21-2)18(22-3)11-16(14)20/h4-12H,1-3H3. The highest BCUT2D eigenvalue weighted by Crippen LogP contribution is 2.32. The van der Waals surface area contributed by atoms with E-state index in [-0.39, 0.29) is 0 Å². The first-order valence-corrected chi connectivity index (χ1v) is 7.04. The van der Waals surface area contributed by atoms with Gasteiger partial charge in [0.2, 0.25) is 0 Å². The van der Waals surface area contributed by atoms with Gasteiger partial charge in [-0.1, -0.05) is 17.7 Å². The van der Waals surface area contributed by atoms with Gasteiger partial charge in [0.1, 0.15) is 0 Å². The van der Waals surface area contributed by atoms with E-state index in [1.165, 1.54) is 5.56 Å². The maximum atomic E-state index is 5.36. The van der Waals surface area contributed by atoms with Crippen LogP contribution in [0, 0.1) is 6.92 Å². The Morgan fingerprint density at radius 2 is 1.64 bits per heavy atom. The number of rotatable bonds is 4. The van der Waals surface area contributed by atoms with E-state index in [0.717, 1.165) is 22.3 Å². The first kappa shape index (κ1) is 14.2. The summed E-state index contributed by atoms with van der Waals surface area (Å²) in [7, 11) is 3.27. The second kappa shape index (κ2) is 5.93. The molecule has 0 saturated carbocycles. The van der Waals surface area contributed by atoms with Crippen molar-refractivity contribution >= 4 is 22.9 Å². The van der Waals surface area contributed by atoms with E-state index in [4.69, 9.17) is 9.47 Å². The molecule has 3 aromatic rings. The number of aromatic nitrogens is 1. The summed E-state index contributed by atoms with van der Waals surface area (Å²) in [6.45, 7) is 2.06. The molecule has 0 spiro atoms. The molecule has 0 fully saturated rings. The van der Waals surface area contributed by atoms with Gasteiger partial charge in [-0.2, -0.15) is 0 Å². The van der Waals surface area contributed by atoms with Crippen LogP contribution in [-0.4, -0.2) is 25.1 Å². The molecule has 0 unspecified atom stereocenters. The molecule has 3 rings (SSSR count). The number of hydrogen-bond donors (Lipinski definition) is 0. The zero-order valence-electron chi connectivity index (χ0n) is 12.9. The van der Waals surface area contributed by atoms with Gasteiger partial charge in [0, 0.05) is 17.6 Å². The van der Waals surface area contributed by atoms with Crippen molar-refractivity contribution in [1.29, 1.82) is 0 Å². The summed E-state index contributed by atoms with van der Waals surface area (Å²) in [6.07, 6.45) is 3.78. The summed E-state index contributed by atoms with van der Waals surface area (Å²) < 4.78 is 12.7. The lowest BCUT2D eigenvalue weighted by molar-refractivity contribution is 0.356. The Bertz CT molecular complexity index is 817. The molecule has 1 heterocycles. The fraction of sp³-hybridized carbons (Fsp3) is 0.167. The van der Waals surface area contributed by atoms with Gasteiger partial charge in [-0.05, 0) is 31.2 Å². The van der Waals surface area contributed by atoms with Crippen LogP contribution < -0.4 is 9.47 Å². The van der Waals surface area contributed by atoms with Crippen LogP contribution in [0.15, 0.2) is 53.7 Å². The molecule has 0 amide bonds. The van der Waals surface area contributed by atoms with Crippen molar-refractivity contribution in [1.82, 2.24) is 4.57 Å². The van der Waals surface area contributed by atoms with Crippen molar-refractivity contribution in [3.63, 3.8) is 0 Å². The number of fused-ring (bicyclic) bond motifs is 1. The number of ether oxygens (including phenoxy) is 2. The molecule has 0 radical (unpaired) electrons. The van der Waals surface area contributed by atoms with Crippen molar-refractivity contribution in [2.24, 2.45) is 4.99 Å². The van der Waals surface area contributed by atoms with Crippen molar-refractivity contribution in [3.8, 4) is 11.5 Å². The lowest BCUT2D eigenvalue weighted by atomic mass is 10.2. The predicted molar refractivity (Wildman–Crippen MR) is 89.8 cm³/mol. The second-order valence-corrected chi connectivity index (χ2v) is 5.07. The summed E-state index contributed by atoms with van der Waals surface area (Å²) in [4.78, 5) is 4.50.